The Labute approximate surface area is 183 Å². The van der Waals surface area contributed by atoms with Crippen LogP contribution in [-0.4, -0.2) is 39.6 Å². The third-order valence-electron chi connectivity index (χ3n) is 5.55. The second-order valence-corrected chi connectivity index (χ2v) is 8.65. The summed E-state index contributed by atoms with van der Waals surface area (Å²) in [6.07, 6.45) is 4.33. The van der Waals surface area contributed by atoms with Gasteiger partial charge in [0.25, 0.3) is 5.91 Å². The monoisotopic (exact) mass is 437 g/mol. The van der Waals surface area contributed by atoms with Crippen molar-refractivity contribution < 1.29 is 14.3 Å². The van der Waals surface area contributed by atoms with Crippen LogP contribution in [0, 0.1) is 6.92 Å². The lowest BCUT2D eigenvalue weighted by molar-refractivity contribution is 0.102. The maximum atomic E-state index is 13.2. The molecule has 0 atom stereocenters. The summed E-state index contributed by atoms with van der Waals surface area (Å²) in [7, 11) is 3.18. The predicted octanol–water partition coefficient (Wildman–Crippen LogP) is 4.35. The fraction of sp³-hybridized carbons (Fsp3) is 0.364. The Morgan fingerprint density at radius 1 is 1.06 bits per heavy atom. The molecule has 4 aromatic rings. The van der Waals surface area contributed by atoms with Gasteiger partial charge in [0.05, 0.1) is 30.0 Å². The molecule has 160 valence electrons. The van der Waals surface area contributed by atoms with Gasteiger partial charge in [-0.3, -0.25) is 10.1 Å². The van der Waals surface area contributed by atoms with Crippen LogP contribution in [0.4, 0.5) is 5.13 Å². The number of ether oxygens (including phenoxy) is 2. The van der Waals surface area contributed by atoms with Crippen LogP contribution < -0.4 is 14.8 Å². The fourth-order valence-corrected chi connectivity index (χ4v) is 4.93. The van der Waals surface area contributed by atoms with Crippen LogP contribution >= 0.6 is 11.3 Å². The van der Waals surface area contributed by atoms with E-state index in [9.17, 15) is 4.79 Å². The molecule has 0 radical (unpaired) electrons. The normalized spacial score (nSPS) is 13.8. The number of carbonyl (C=O) groups excluding carboxylic acids is 1. The van der Waals surface area contributed by atoms with E-state index in [-0.39, 0.29) is 5.91 Å². The third-order valence-corrected chi connectivity index (χ3v) is 6.49. The minimum atomic E-state index is -0.234. The van der Waals surface area contributed by atoms with Crippen molar-refractivity contribution in [2.24, 2.45) is 0 Å². The second kappa shape index (κ2) is 7.81. The molecule has 1 amide bonds. The zero-order valence-electron chi connectivity index (χ0n) is 17.7. The third kappa shape index (κ3) is 3.48. The lowest BCUT2D eigenvalue weighted by Gasteiger charge is -2.06. The summed E-state index contributed by atoms with van der Waals surface area (Å²) in [4.78, 5) is 27.3. The van der Waals surface area contributed by atoms with E-state index in [0.717, 1.165) is 53.2 Å². The van der Waals surface area contributed by atoms with E-state index < -0.39 is 0 Å². The zero-order valence-corrected chi connectivity index (χ0v) is 18.5. The average molecular weight is 438 g/mol. The largest absolute Gasteiger partial charge is 0.493 e. The number of nitrogens with zero attached hydrogens (tertiary/aromatic N) is 4. The van der Waals surface area contributed by atoms with Crippen LogP contribution in [0.2, 0.25) is 0 Å². The topological polar surface area (TPSA) is 91.2 Å². The lowest BCUT2D eigenvalue weighted by atomic mass is 10.2. The summed E-state index contributed by atoms with van der Waals surface area (Å²) < 4.78 is 13.8. The summed E-state index contributed by atoms with van der Waals surface area (Å²) in [5.41, 5.74) is 3.51. The number of rotatable bonds is 4. The van der Waals surface area contributed by atoms with Crippen LogP contribution in [0.1, 0.15) is 41.1 Å². The van der Waals surface area contributed by atoms with Crippen molar-refractivity contribution in [3.63, 3.8) is 0 Å². The Morgan fingerprint density at radius 2 is 1.87 bits per heavy atom. The molecule has 1 aromatic carbocycles. The number of anilines is 1. The number of nitrogens with one attached hydrogen (secondary N) is 1. The minimum Gasteiger partial charge on any atom is -0.493 e. The molecule has 1 aliphatic rings. The number of hydrogen-bond donors (Lipinski definition) is 1. The van der Waals surface area contributed by atoms with Crippen molar-refractivity contribution in [2.45, 2.75) is 39.2 Å². The molecule has 4 heterocycles. The predicted molar refractivity (Wildman–Crippen MR) is 120 cm³/mol. The van der Waals surface area contributed by atoms with Gasteiger partial charge in [-0.05, 0) is 25.8 Å². The van der Waals surface area contributed by atoms with Crippen LogP contribution in [0.5, 0.6) is 11.5 Å². The first-order valence-electron chi connectivity index (χ1n) is 10.3. The van der Waals surface area contributed by atoms with Gasteiger partial charge in [-0.2, -0.15) is 0 Å². The number of methoxy groups -OCH3 is 2. The SMILES string of the molecule is COc1cc2nc(NC(=O)c3cc(C)nc4c3nc3n4CCCCC3)sc2cc1OC. The van der Waals surface area contributed by atoms with Crippen molar-refractivity contribution in [1.29, 1.82) is 0 Å². The molecule has 31 heavy (non-hydrogen) atoms. The second-order valence-electron chi connectivity index (χ2n) is 7.62. The number of amides is 1. The number of fused-ring (bicyclic) bond motifs is 4. The van der Waals surface area contributed by atoms with Crippen LogP contribution in [0.3, 0.4) is 0 Å². The smallest absolute Gasteiger partial charge is 0.259 e. The Bertz CT molecular complexity index is 1270. The van der Waals surface area contributed by atoms with Gasteiger partial charge in [0.1, 0.15) is 11.3 Å². The van der Waals surface area contributed by atoms with E-state index in [1.807, 2.05) is 19.1 Å². The van der Waals surface area contributed by atoms with E-state index in [1.165, 1.54) is 17.8 Å². The fourth-order valence-electron chi connectivity index (χ4n) is 4.06. The molecule has 0 unspecified atom stereocenters. The van der Waals surface area contributed by atoms with Crippen LogP contribution in [0.25, 0.3) is 21.4 Å². The maximum absolute atomic E-state index is 13.2. The molecule has 0 bridgehead atoms. The molecular formula is C22H23N5O3S. The highest BCUT2D eigenvalue weighted by Gasteiger charge is 2.22. The number of hydrogen-bond acceptors (Lipinski definition) is 7. The lowest BCUT2D eigenvalue weighted by Crippen LogP contribution is -2.13. The number of aryl methyl sites for hydroxylation is 3. The summed E-state index contributed by atoms with van der Waals surface area (Å²) in [5, 5.41) is 3.46. The highest BCUT2D eigenvalue weighted by molar-refractivity contribution is 7.22. The summed E-state index contributed by atoms with van der Waals surface area (Å²) in [5.74, 6) is 2.01. The molecule has 1 N–H and O–H groups in total. The van der Waals surface area contributed by atoms with Crippen molar-refractivity contribution in [2.75, 3.05) is 19.5 Å². The molecule has 0 spiro atoms. The minimum absolute atomic E-state index is 0.234. The van der Waals surface area contributed by atoms with Crippen molar-refractivity contribution in [1.82, 2.24) is 19.5 Å². The Balaban J connectivity index is 1.52. The molecular weight excluding hydrogens is 414 g/mol. The Hall–Kier alpha value is -3.20. The van der Waals surface area contributed by atoms with Gasteiger partial charge < -0.3 is 14.0 Å². The molecule has 0 fully saturated rings. The molecule has 0 aliphatic carbocycles. The molecule has 9 heteroatoms. The highest BCUT2D eigenvalue weighted by atomic mass is 32.1. The number of benzene rings is 1. The van der Waals surface area contributed by atoms with E-state index in [2.05, 4.69) is 14.9 Å². The van der Waals surface area contributed by atoms with Gasteiger partial charge in [-0.15, -0.1) is 0 Å². The standard InChI is InChI=1S/C22H23N5O3S/c1-12-9-13(19-20(23-12)27-8-6-4-5-7-18(27)25-19)21(28)26-22-24-14-10-15(29-2)16(30-3)11-17(14)31-22/h9-11H,4-8H2,1-3H3,(H,24,26,28). The summed E-state index contributed by atoms with van der Waals surface area (Å²) >= 11 is 1.39. The van der Waals surface area contributed by atoms with E-state index >= 15 is 0 Å². The molecule has 0 saturated heterocycles. The Kier molecular flexibility index (Phi) is 4.97. The van der Waals surface area contributed by atoms with Crippen molar-refractivity contribution in [3.05, 3.63) is 35.3 Å². The number of imidazole rings is 1. The zero-order chi connectivity index (χ0) is 21.5. The van der Waals surface area contributed by atoms with Gasteiger partial charge in [0, 0.05) is 30.8 Å². The summed E-state index contributed by atoms with van der Waals surface area (Å²) in [6.45, 7) is 2.80. The van der Waals surface area contributed by atoms with Gasteiger partial charge in [-0.25, -0.2) is 15.0 Å². The van der Waals surface area contributed by atoms with Crippen molar-refractivity contribution in [3.8, 4) is 11.5 Å². The van der Waals surface area contributed by atoms with Crippen LogP contribution in [0.15, 0.2) is 18.2 Å². The van der Waals surface area contributed by atoms with Crippen LogP contribution in [-0.2, 0) is 13.0 Å². The average Bonchev–Trinajstić information content (AvgIpc) is 3.22. The van der Waals surface area contributed by atoms with Gasteiger partial charge >= 0.3 is 0 Å². The molecule has 5 rings (SSSR count). The Morgan fingerprint density at radius 3 is 2.68 bits per heavy atom. The first kappa shape index (κ1) is 19.7. The first-order chi connectivity index (χ1) is 15.1. The molecule has 8 nitrogen and oxygen atoms in total. The number of thiazole rings is 1. The molecule has 0 saturated carbocycles. The van der Waals surface area contributed by atoms with E-state index in [1.54, 1.807) is 20.3 Å². The van der Waals surface area contributed by atoms with E-state index in [0.29, 0.717) is 27.7 Å². The molecule has 1 aliphatic heterocycles. The number of aromatic nitrogens is 4. The quantitative estimate of drug-likeness (QED) is 0.511. The highest BCUT2D eigenvalue weighted by Crippen LogP contribution is 2.36. The van der Waals surface area contributed by atoms with Crippen molar-refractivity contribution >= 4 is 43.8 Å². The van der Waals surface area contributed by atoms with Gasteiger partial charge in [0.15, 0.2) is 22.3 Å². The number of pyridine rings is 1. The first-order valence-corrected chi connectivity index (χ1v) is 11.1. The van der Waals surface area contributed by atoms with Gasteiger partial charge in [0.2, 0.25) is 0 Å². The number of carbonyl (C=O) groups is 1. The molecule has 3 aromatic heterocycles. The maximum Gasteiger partial charge on any atom is 0.259 e. The van der Waals surface area contributed by atoms with Gasteiger partial charge in [-0.1, -0.05) is 17.8 Å². The van der Waals surface area contributed by atoms with E-state index in [4.69, 9.17) is 19.4 Å². The summed E-state index contributed by atoms with van der Waals surface area (Å²) in [6, 6.07) is 5.47.